The first-order valence-corrected chi connectivity index (χ1v) is 7.86. The molecule has 0 radical (unpaired) electrons. The molecular weight excluding hydrogens is 266 g/mol. The maximum Gasteiger partial charge on any atom is 0.119 e. The van der Waals surface area contributed by atoms with Crippen molar-refractivity contribution in [1.82, 2.24) is 4.90 Å². The maximum atomic E-state index is 10.3. The molecule has 0 amide bonds. The Morgan fingerprint density at radius 3 is 2.57 bits per heavy atom. The van der Waals surface area contributed by atoms with Crippen LogP contribution >= 0.6 is 0 Å². The molecule has 1 aromatic rings. The van der Waals surface area contributed by atoms with Crippen LogP contribution in [0.2, 0.25) is 0 Å². The molecule has 1 aliphatic rings. The Balaban J connectivity index is 1.80. The van der Waals surface area contributed by atoms with E-state index in [1.165, 1.54) is 0 Å². The molecule has 0 bridgehead atoms. The van der Waals surface area contributed by atoms with Crippen LogP contribution in [0.5, 0.6) is 5.75 Å². The molecule has 0 spiro atoms. The van der Waals surface area contributed by atoms with Gasteiger partial charge in [-0.15, -0.1) is 0 Å². The molecule has 1 heterocycles. The maximum absolute atomic E-state index is 10.3. The van der Waals surface area contributed by atoms with Crippen molar-refractivity contribution in [2.24, 2.45) is 5.92 Å². The second kappa shape index (κ2) is 8.37. The normalized spacial score (nSPS) is 17.9. The minimum absolute atomic E-state index is 0.453. The lowest BCUT2D eigenvalue weighted by atomic mass is 9.99. The third-order valence-electron chi connectivity index (χ3n) is 3.97. The molecule has 21 heavy (non-hydrogen) atoms. The van der Waals surface area contributed by atoms with E-state index in [1.807, 2.05) is 31.2 Å². The zero-order valence-electron chi connectivity index (χ0n) is 13.1. The van der Waals surface area contributed by atoms with Gasteiger partial charge in [0.1, 0.15) is 5.75 Å². The molecule has 1 unspecified atom stereocenters. The van der Waals surface area contributed by atoms with Crippen molar-refractivity contribution >= 4 is 0 Å². The SMILES string of the molecule is CCOc1ccc(C(O)CN(C)CC2CCOCC2)cc1. The monoisotopic (exact) mass is 293 g/mol. The molecular formula is C17H27NO3. The van der Waals surface area contributed by atoms with Crippen molar-refractivity contribution < 1.29 is 14.6 Å². The van der Waals surface area contributed by atoms with Gasteiger partial charge in [0.25, 0.3) is 0 Å². The van der Waals surface area contributed by atoms with Crippen LogP contribution < -0.4 is 4.74 Å². The van der Waals surface area contributed by atoms with Crippen molar-refractivity contribution in [2.45, 2.75) is 25.9 Å². The number of hydrogen-bond donors (Lipinski definition) is 1. The predicted octanol–water partition coefficient (Wildman–Crippen LogP) is 2.48. The summed E-state index contributed by atoms with van der Waals surface area (Å²) in [5.74, 6) is 1.54. The summed E-state index contributed by atoms with van der Waals surface area (Å²) in [6, 6.07) is 7.72. The van der Waals surface area contributed by atoms with Crippen molar-refractivity contribution in [3.05, 3.63) is 29.8 Å². The minimum Gasteiger partial charge on any atom is -0.494 e. The van der Waals surface area contributed by atoms with Gasteiger partial charge in [0.15, 0.2) is 0 Å². The molecule has 1 atom stereocenters. The highest BCUT2D eigenvalue weighted by molar-refractivity contribution is 5.28. The summed E-state index contributed by atoms with van der Waals surface area (Å²) in [5.41, 5.74) is 0.942. The lowest BCUT2D eigenvalue weighted by Gasteiger charge is -2.28. The smallest absolute Gasteiger partial charge is 0.119 e. The number of benzene rings is 1. The fourth-order valence-electron chi connectivity index (χ4n) is 2.80. The minimum atomic E-state index is -0.453. The Morgan fingerprint density at radius 2 is 1.95 bits per heavy atom. The van der Waals surface area contributed by atoms with E-state index in [-0.39, 0.29) is 0 Å². The number of likely N-dealkylation sites (N-methyl/N-ethyl adjacent to an activating group) is 1. The number of ether oxygens (including phenoxy) is 2. The van der Waals surface area contributed by atoms with Gasteiger partial charge < -0.3 is 19.5 Å². The Hall–Kier alpha value is -1.10. The Morgan fingerprint density at radius 1 is 1.29 bits per heavy atom. The van der Waals surface area contributed by atoms with E-state index in [1.54, 1.807) is 0 Å². The highest BCUT2D eigenvalue weighted by Gasteiger charge is 2.18. The van der Waals surface area contributed by atoms with Crippen molar-refractivity contribution in [2.75, 3.05) is 40.0 Å². The van der Waals surface area contributed by atoms with Gasteiger partial charge in [-0.05, 0) is 50.4 Å². The topological polar surface area (TPSA) is 41.9 Å². The molecule has 4 heteroatoms. The molecule has 4 nitrogen and oxygen atoms in total. The summed E-state index contributed by atoms with van der Waals surface area (Å²) >= 11 is 0. The van der Waals surface area contributed by atoms with Gasteiger partial charge >= 0.3 is 0 Å². The number of aliphatic hydroxyl groups is 1. The summed E-state index contributed by atoms with van der Waals surface area (Å²) in [7, 11) is 2.08. The van der Waals surface area contributed by atoms with Crippen LogP contribution in [0.3, 0.4) is 0 Å². The molecule has 0 aliphatic carbocycles. The van der Waals surface area contributed by atoms with Crippen LogP contribution in [0.4, 0.5) is 0 Å². The van der Waals surface area contributed by atoms with E-state index in [0.717, 1.165) is 43.9 Å². The molecule has 0 aromatic heterocycles. The average molecular weight is 293 g/mol. The Bertz CT molecular complexity index is 401. The van der Waals surface area contributed by atoms with E-state index >= 15 is 0 Å². The van der Waals surface area contributed by atoms with Crippen LogP contribution in [-0.4, -0.2) is 50.0 Å². The Labute approximate surface area is 127 Å². The predicted molar refractivity (Wildman–Crippen MR) is 83.6 cm³/mol. The summed E-state index contributed by atoms with van der Waals surface area (Å²) in [4.78, 5) is 2.22. The Kier molecular flexibility index (Phi) is 6.49. The van der Waals surface area contributed by atoms with E-state index in [9.17, 15) is 5.11 Å². The first kappa shape index (κ1) is 16.3. The van der Waals surface area contributed by atoms with Crippen LogP contribution in [0.15, 0.2) is 24.3 Å². The van der Waals surface area contributed by atoms with Crippen molar-refractivity contribution in [3.63, 3.8) is 0 Å². The van der Waals surface area contributed by atoms with Crippen LogP contribution in [-0.2, 0) is 4.74 Å². The number of hydrogen-bond acceptors (Lipinski definition) is 4. The molecule has 1 aromatic carbocycles. The van der Waals surface area contributed by atoms with Crippen LogP contribution in [0.25, 0.3) is 0 Å². The van der Waals surface area contributed by atoms with Crippen molar-refractivity contribution in [3.8, 4) is 5.75 Å². The zero-order chi connectivity index (χ0) is 15.1. The number of rotatable bonds is 7. The van der Waals surface area contributed by atoms with Crippen LogP contribution in [0, 0.1) is 5.92 Å². The largest absolute Gasteiger partial charge is 0.494 e. The fraction of sp³-hybridized carbons (Fsp3) is 0.647. The summed E-state index contributed by atoms with van der Waals surface area (Å²) in [6.07, 6.45) is 1.80. The molecule has 0 saturated carbocycles. The second-order valence-corrected chi connectivity index (χ2v) is 5.79. The average Bonchev–Trinajstić information content (AvgIpc) is 2.49. The third kappa shape index (κ3) is 5.30. The second-order valence-electron chi connectivity index (χ2n) is 5.79. The van der Waals surface area contributed by atoms with E-state index in [2.05, 4.69) is 11.9 Å². The van der Waals surface area contributed by atoms with E-state index < -0.39 is 6.10 Å². The van der Waals surface area contributed by atoms with Gasteiger partial charge in [0.05, 0.1) is 12.7 Å². The standard InChI is InChI=1S/C17H27NO3/c1-3-21-16-6-4-15(5-7-16)17(19)13-18(2)12-14-8-10-20-11-9-14/h4-7,14,17,19H,3,8-13H2,1-2H3. The fourth-order valence-corrected chi connectivity index (χ4v) is 2.80. The number of aliphatic hydroxyl groups excluding tert-OH is 1. The van der Waals surface area contributed by atoms with Crippen LogP contribution in [0.1, 0.15) is 31.4 Å². The summed E-state index contributed by atoms with van der Waals surface area (Å²) < 4.78 is 10.8. The van der Waals surface area contributed by atoms with Gasteiger partial charge in [-0.25, -0.2) is 0 Å². The van der Waals surface area contributed by atoms with Gasteiger partial charge in [0, 0.05) is 26.3 Å². The van der Waals surface area contributed by atoms with Gasteiger partial charge in [0.2, 0.25) is 0 Å². The van der Waals surface area contributed by atoms with E-state index in [4.69, 9.17) is 9.47 Å². The van der Waals surface area contributed by atoms with Gasteiger partial charge in [-0.1, -0.05) is 12.1 Å². The molecule has 1 aliphatic heterocycles. The molecule has 1 N–H and O–H groups in total. The lowest BCUT2D eigenvalue weighted by molar-refractivity contribution is 0.0478. The highest BCUT2D eigenvalue weighted by atomic mass is 16.5. The molecule has 1 fully saturated rings. The number of nitrogens with zero attached hydrogens (tertiary/aromatic N) is 1. The highest BCUT2D eigenvalue weighted by Crippen LogP contribution is 2.20. The molecule has 1 saturated heterocycles. The van der Waals surface area contributed by atoms with Crippen molar-refractivity contribution in [1.29, 1.82) is 0 Å². The zero-order valence-corrected chi connectivity index (χ0v) is 13.1. The molecule has 118 valence electrons. The summed E-state index contributed by atoms with van der Waals surface area (Å²) in [5, 5.41) is 10.3. The summed E-state index contributed by atoms with van der Waals surface area (Å²) in [6.45, 7) is 6.06. The van der Waals surface area contributed by atoms with E-state index in [0.29, 0.717) is 19.1 Å². The molecule has 2 rings (SSSR count). The first-order chi connectivity index (χ1) is 10.2. The quantitative estimate of drug-likeness (QED) is 0.838. The van der Waals surface area contributed by atoms with Gasteiger partial charge in [-0.2, -0.15) is 0 Å². The first-order valence-electron chi connectivity index (χ1n) is 7.86. The third-order valence-corrected chi connectivity index (χ3v) is 3.97. The lowest BCUT2D eigenvalue weighted by Crippen LogP contribution is -2.32. The van der Waals surface area contributed by atoms with Gasteiger partial charge in [-0.3, -0.25) is 0 Å².